The molecule has 0 radical (unpaired) electrons. The standard InChI is InChI=1S/C18H22N4O2S/c1-13-2-3-17(20-19-13)21-7-8-24-16-11-22(6-4-14(16)10-21)18(23)15-5-9-25-12-15/h2-3,5,9,12,14,16H,4,6-8,10-11H2,1H3/t14-,16-/m1/s1. The molecule has 0 aromatic carbocycles. The molecule has 4 heterocycles. The summed E-state index contributed by atoms with van der Waals surface area (Å²) in [7, 11) is 0. The van der Waals surface area contributed by atoms with Crippen molar-refractivity contribution in [3.05, 3.63) is 40.2 Å². The molecule has 132 valence electrons. The number of hydrogen-bond acceptors (Lipinski definition) is 6. The van der Waals surface area contributed by atoms with E-state index >= 15 is 0 Å². The Bertz CT molecular complexity index is 719. The van der Waals surface area contributed by atoms with E-state index in [1.807, 2.05) is 40.8 Å². The van der Waals surface area contributed by atoms with Gasteiger partial charge < -0.3 is 14.5 Å². The van der Waals surface area contributed by atoms with Crippen LogP contribution < -0.4 is 4.90 Å². The fourth-order valence-electron chi connectivity index (χ4n) is 3.57. The molecule has 6 nitrogen and oxygen atoms in total. The summed E-state index contributed by atoms with van der Waals surface area (Å²) in [6.07, 6.45) is 1.05. The molecule has 2 aliphatic rings. The van der Waals surface area contributed by atoms with E-state index in [-0.39, 0.29) is 12.0 Å². The van der Waals surface area contributed by atoms with Crippen molar-refractivity contribution in [2.45, 2.75) is 19.4 Å². The molecule has 2 aromatic rings. The lowest BCUT2D eigenvalue weighted by atomic mass is 9.93. The Labute approximate surface area is 151 Å². The van der Waals surface area contributed by atoms with Crippen LogP contribution in [-0.4, -0.2) is 59.9 Å². The van der Waals surface area contributed by atoms with Gasteiger partial charge in [-0.05, 0) is 36.9 Å². The number of rotatable bonds is 2. The number of anilines is 1. The van der Waals surface area contributed by atoms with Gasteiger partial charge in [0.1, 0.15) is 0 Å². The molecule has 1 amide bonds. The van der Waals surface area contributed by atoms with E-state index in [4.69, 9.17) is 4.74 Å². The minimum absolute atomic E-state index is 0.0970. The topological polar surface area (TPSA) is 58.6 Å². The number of fused-ring (bicyclic) bond motifs is 1. The van der Waals surface area contributed by atoms with Gasteiger partial charge >= 0.3 is 0 Å². The normalized spacial score (nSPS) is 23.9. The molecule has 2 aromatic heterocycles. The molecule has 0 N–H and O–H groups in total. The molecule has 25 heavy (non-hydrogen) atoms. The summed E-state index contributed by atoms with van der Waals surface area (Å²) < 4.78 is 6.10. The highest BCUT2D eigenvalue weighted by Gasteiger charge is 2.35. The van der Waals surface area contributed by atoms with E-state index < -0.39 is 0 Å². The van der Waals surface area contributed by atoms with Gasteiger partial charge in [0.15, 0.2) is 5.82 Å². The molecular formula is C18H22N4O2S. The third-order valence-corrected chi connectivity index (χ3v) is 5.69. The van der Waals surface area contributed by atoms with E-state index in [0.717, 1.165) is 43.1 Å². The summed E-state index contributed by atoms with van der Waals surface area (Å²) in [6.45, 7) is 5.77. The zero-order chi connectivity index (χ0) is 17.2. The van der Waals surface area contributed by atoms with Crippen molar-refractivity contribution < 1.29 is 9.53 Å². The van der Waals surface area contributed by atoms with Crippen LogP contribution in [0, 0.1) is 12.8 Å². The molecule has 0 spiro atoms. The van der Waals surface area contributed by atoms with Crippen LogP contribution in [0.25, 0.3) is 0 Å². The maximum Gasteiger partial charge on any atom is 0.254 e. The molecule has 2 atom stereocenters. The molecule has 4 rings (SSSR count). The summed E-state index contributed by atoms with van der Waals surface area (Å²) in [5.41, 5.74) is 1.71. The lowest BCUT2D eigenvalue weighted by molar-refractivity contribution is -0.0169. The number of nitrogens with zero attached hydrogens (tertiary/aromatic N) is 4. The van der Waals surface area contributed by atoms with Crippen molar-refractivity contribution in [3.63, 3.8) is 0 Å². The van der Waals surface area contributed by atoms with Crippen LogP contribution in [0.2, 0.25) is 0 Å². The largest absolute Gasteiger partial charge is 0.374 e. The van der Waals surface area contributed by atoms with Crippen LogP contribution in [0.1, 0.15) is 22.5 Å². The number of carbonyl (C=O) groups is 1. The smallest absolute Gasteiger partial charge is 0.254 e. The summed E-state index contributed by atoms with van der Waals surface area (Å²) >= 11 is 1.56. The SMILES string of the molecule is Cc1ccc(N2CCO[C@@H]3CN(C(=O)c4ccsc4)CC[C@@H]3C2)nn1. The predicted molar refractivity (Wildman–Crippen MR) is 97.1 cm³/mol. The Morgan fingerprint density at radius 2 is 2.16 bits per heavy atom. The Morgan fingerprint density at radius 3 is 2.92 bits per heavy atom. The fraction of sp³-hybridized carbons (Fsp3) is 0.500. The number of amides is 1. The van der Waals surface area contributed by atoms with E-state index in [9.17, 15) is 4.79 Å². The van der Waals surface area contributed by atoms with Gasteiger partial charge in [-0.15, -0.1) is 5.10 Å². The number of aromatic nitrogens is 2. The van der Waals surface area contributed by atoms with Crippen LogP contribution in [0.5, 0.6) is 0 Å². The predicted octanol–water partition coefficient (Wildman–Crippen LogP) is 2.21. The first-order valence-electron chi connectivity index (χ1n) is 8.69. The van der Waals surface area contributed by atoms with Gasteiger partial charge in [-0.3, -0.25) is 4.79 Å². The van der Waals surface area contributed by atoms with Crippen LogP contribution in [0.4, 0.5) is 5.82 Å². The highest BCUT2D eigenvalue weighted by Crippen LogP contribution is 2.27. The Morgan fingerprint density at radius 1 is 1.24 bits per heavy atom. The molecule has 2 saturated heterocycles. The van der Waals surface area contributed by atoms with Crippen molar-refractivity contribution >= 4 is 23.1 Å². The first-order valence-corrected chi connectivity index (χ1v) is 9.63. The third-order valence-electron chi connectivity index (χ3n) is 5.01. The Kier molecular flexibility index (Phi) is 4.67. The average Bonchev–Trinajstić information content (AvgIpc) is 3.08. The van der Waals surface area contributed by atoms with E-state index in [1.165, 1.54) is 0 Å². The van der Waals surface area contributed by atoms with Crippen molar-refractivity contribution in [3.8, 4) is 0 Å². The molecule has 0 unspecified atom stereocenters. The average molecular weight is 358 g/mol. The van der Waals surface area contributed by atoms with E-state index in [1.54, 1.807) is 11.3 Å². The number of hydrogen-bond donors (Lipinski definition) is 0. The second kappa shape index (κ2) is 7.09. The minimum Gasteiger partial charge on any atom is -0.374 e. The van der Waals surface area contributed by atoms with Crippen molar-refractivity contribution in [2.75, 3.05) is 37.7 Å². The third kappa shape index (κ3) is 3.52. The second-order valence-corrected chi connectivity index (χ2v) is 7.48. The number of piperidine rings is 1. The van der Waals surface area contributed by atoms with Crippen molar-refractivity contribution in [1.29, 1.82) is 0 Å². The first-order chi connectivity index (χ1) is 12.2. The molecule has 2 fully saturated rings. The monoisotopic (exact) mass is 358 g/mol. The molecular weight excluding hydrogens is 336 g/mol. The molecule has 0 aliphatic carbocycles. The number of carbonyl (C=O) groups excluding carboxylic acids is 1. The van der Waals surface area contributed by atoms with Gasteiger partial charge in [0.2, 0.25) is 0 Å². The van der Waals surface area contributed by atoms with Crippen LogP contribution in [0.3, 0.4) is 0 Å². The highest BCUT2D eigenvalue weighted by molar-refractivity contribution is 7.08. The first kappa shape index (κ1) is 16.5. The highest BCUT2D eigenvalue weighted by atomic mass is 32.1. The zero-order valence-electron chi connectivity index (χ0n) is 14.3. The Balaban J connectivity index is 1.43. The van der Waals surface area contributed by atoms with Gasteiger partial charge in [-0.2, -0.15) is 16.4 Å². The van der Waals surface area contributed by atoms with E-state index in [2.05, 4.69) is 15.1 Å². The number of ether oxygens (including phenoxy) is 1. The van der Waals surface area contributed by atoms with Crippen molar-refractivity contribution in [2.24, 2.45) is 5.92 Å². The fourth-order valence-corrected chi connectivity index (χ4v) is 4.20. The zero-order valence-corrected chi connectivity index (χ0v) is 15.1. The van der Waals surface area contributed by atoms with Gasteiger partial charge in [-0.25, -0.2) is 0 Å². The van der Waals surface area contributed by atoms with Crippen LogP contribution in [0.15, 0.2) is 29.0 Å². The molecule has 2 aliphatic heterocycles. The summed E-state index contributed by atoms with van der Waals surface area (Å²) in [5.74, 6) is 1.44. The maximum atomic E-state index is 12.6. The number of likely N-dealkylation sites (tertiary alicyclic amines) is 1. The number of aryl methyl sites for hydroxylation is 1. The second-order valence-electron chi connectivity index (χ2n) is 6.70. The molecule has 0 saturated carbocycles. The summed E-state index contributed by atoms with van der Waals surface area (Å²) in [6, 6.07) is 5.91. The van der Waals surface area contributed by atoms with Gasteiger partial charge in [-0.1, -0.05) is 0 Å². The van der Waals surface area contributed by atoms with E-state index in [0.29, 0.717) is 19.1 Å². The lowest BCUT2D eigenvalue weighted by Gasteiger charge is -2.38. The van der Waals surface area contributed by atoms with Gasteiger partial charge in [0.05, 0.1) is 24.0 Å². The maximum absolute atomic E-state index is 12.6. The minimum atomic E-state index is 0.0970. The lowest BCUT2D eigenvalue weighted by Crippen LogP contribution is -2.49. The van der Waals surface area contributed by atoms with Crippen molar-refractivity contribution in [1.82, 2.24) is 15.1 Å². The quantitative estimate of drug-likeness (QED) is 0.824. The summed E-state index contributed by atoms with van der Waals surface area (Å²) in [4.78, 5) is 16.8. The van der Waals surface area contributed by atoms with Gasteiger partial charge in [0.25, 0.3) is 5.91 Å². The summed E-state index contributed by atoms with van der Waals surface area (Å²) in [5, 5.41) is 12.3. The Hall–Kier alpha value is -1.99. The van der Waals surface area contributed by atoms with Gasteiger partial charge in [0, 0.05) is 37.5 Å². The number of thiophene rings is 1. The van der Waals surface area contributed by atoms with Crippen LogP contribution in [-0.2, 0) is 4.74 Å². The molecule has 0 bridgehead atoms. The van der Waals surface area contributed by atoms with Crippen LogP contribution >= 0.6 is 11.3 Å². The molecule has 7 heteroatoms.